The van der Waals surface area contributed by atoms with Crippen LogP contribution in [0.1, 0.15) is 50.0 Å². The number of anilines is 1. The Hall–Kier alpha value is -3.56. The lowest BCUT2D eigenvalue weighted by Gasteiger charge is -2.22. The first kappa shape index (κ1) is 43.4. The lowest BCUT2D eigenvalue weighted by Crippen LogP contribution is -2.33. The molecule has 14 heteroatoms. The van der Waals surface area contributed by atoms with E-state index in [4.69, 9.17) is 23.7 Å². The third-order valence-electron chi connectivity index (χ3n) is 6.26. The molecule has 0 heterocycles. The topological polar surface area (TPSA) is 152 Å². The van der Waals surface area contributed by atoms with Crippen molar-refractivity contribution in [1.82, 2.24) is 20.5 Å². The Balaban J connectivity index is 0.0000104. The van der Waals surface area contributed by atoms with Crippen LogP contribution in [0.15, 0.2) is 35.1 Å². The normalized spacial score (nSPS) is 10.9. The summed E-state index contributed by atoms with van der Waals surface area (Å²) in [5.41, 5.74) is 2.51. The van der Waals surface area contributed by atoms with Gasteiger partial charge >= 0.3 is 5.97 Å². The van der Waals surface area contributed by atoms with Crippen LogP contribution in [0.2, 0.25) is 0 Å². The molecule has 0 saturated heterocycles. The van der Waals surface area contributed by atoms with Crippen molar-refractivity contribution in [2.24, 2.45) is 5.10 Å². The quantitative estimate of drug-likeness (QED) is 0.0579. The number of carbonyl (C=O) groups is 3. The summed E-state index contributed by atoms with van der Waals surface area (Å²) >= 11 is 0. The first-order valence-corrected chi connectivity index (χ1v) is 16.1. The monoisotopic (exact) mass is 666 g/mol. The molecule has 0 aliphatic heterocycles. The van der Waals surface area contributed by atoms with E-state index < -0.39 is 5.97 Å². The second-order valence-electron chi connectivity index (χ2n) is 9.98. The Morgan fingerprint density at radius 3 is 2.02 bits per heavy atom. The fraction of sp³-hybridized carbons (Fsp3) is 0.636. The van der Waals surface area contributed by atoms with Gasteiger partial charge < -0.3 is 44.5 Å². The molecule has 0 bridgehead atoms. The van der Waals surface area contributed by atoms with Crippen molar-refractivity contribution in [2.75, 3.05) is 105 Å². The summed E-state index contributed by atoms with van der Waals surface area (Å²) in [6, 6.07) is 5.28. The first-order valence-electron chi connectivity index (χ1n) is 16.1. The van der Waals surface area contributed by atoms with Crippen molar-refractivity contribution in [2.45, 2.75) is 40.7 Å². The van der Waals surface area contributed by atoms with Crippen LogP contribution in [-0.4, -0.2) is 135 Å². The number of hydrazone groups is 1. The molecule has 0 spiro atoms. The second kappa shape index (κ2) is 28.6. The van der Waals surface area contributed by atoms with Gasteiger partial charge in [-0.05, 0) is 33.2 Å². The van der Waals surface area contributed by atoms with E-state index in [0.29, 0.717) is 83.5 Å². The molecule has 1 aromatic rings. The molecule has 3 N–H and O–H groups in total. The Morgan fingerprint density at radius 2 is 1.49 bits per heavy atom. The maximum absolute atomic E-state index is 13.0. The molecule has 2 amide bonds. The maximum Gasteiger partial charge on any atom is 0.302 e. The summed E-state index contributed by atoms with van der Waals surface area (Å²) < 4.78 is 27.2. The van der Waals surface area contributed by atoms with Crippen LogP contribution >= 0.6 is 0 Å². The van der Waals surface area contributed by atoms with Gasteiger partial charge in [0.15, 0.2) is 0 Å². The predicted molar refractivity (Wildman–Crippen MR) is 185 cm³/mol. The molecule has 1 rings (SSSR count). The number of nitrogens with zero attached hydrogens (tertiary/aromatic N) is 3. The third-order valence-corrected chi connectivity index (χ3v) is 6.26. The molecule has 0 radical (unpaired) electrons. The number of carbonyl (C=O) groups excluding carboxylic acids is 3. The van der Waals surface area contributed by atoms with Gasteiger partial charge in [0.1, 0.15) is 6.61 Å². The average molecular weight is 667 g/mol. The largest absolute Gasteiger partial charge is 0.461 e. The molecule has 0 aliphatic carbocycles. The lowest BCUT2D eigenvalue weighted by atomic mass is 10.1. The molecule has 0 fully saturated rings. The minimum Gasteiger partial charge on any atom is -0.461 e. The molecule has 1 aromatic carbocycles. The van der Waals surface area contributed by atoms with Crippen molar-refractivity contribution in [3.8, 4) is 0 Å². The van der Waals surface area contributed by atoms with Crippen LogP contribution in [-0.2, 0) is 39.9 Å². The SMILES string of the molecule is C=NN(CCOCCOCCOCCOCCC(=O)NCCN(C)C)/C(=C\C)CNC(=O)c1cc(NC)ccc1COC(C)=O.CC. The van der Waals surface area contributed by atoms with Gasteiger partial charge in [-0.3, -0.25) is 19.4 Å². The minimum atomic E-state index is -0.422. The average Bonchev–Trinajstić information content (AvgIpc) is 3.07. The van der Waals surface area contributed by atoms with Crippen LogP contribution in [0.3, 0.4) is 0 Å². The summed E-state index contributed by atoms with van der Waals surface area (Å²) in [4.78, 5) is 38.0. The number of likely N-dealkylation sites (N-methyl/N-ethyl adjacent to an activating group) is 1. The number of esters is 1. The van der Waals surface area contributed by atoms with Gasteiger partial charge in [0.25, 0.3) is 5.91 Å². The van der Waals surface area contributed by atoms with Gasteiger partial charge in [0.05, 0.1) is 71.6 Å². The van der Waals surface area contributed by atoms with Crippen LogP contribution in [0.4, 0.5) is 5.69 Å². The standard InChI is InChI=1S/C31H52N6O8.C2H6/c1-7-28(23-35-31(40)29-22-27(32-3)9-8-26(29)24-45-25(2)38)37(33-4)13-15-42-17-19-44-21-20-43-18-16-41-14-10-30(39)34-11-12-36(5)6;1-2/h7-9,22,32H,4,10-21,23-24H2,1-3,5-6H3,(H,34,39)(H,35,40);1-2H3/b28-7-;. The Kier molecular flexibility index (Phi) is 26.5. The Labute approximate surface area is 281 Å². The molecule has 0 atom stereocenters. The summed E-state index contributed by atoms with van der Waals surface area (Å²) in [6.45, 7) is 16.2. The summed E-state index contributed by atoms with van der Waals surface area (Å²) in [5.74, 6) is -0.749. The number of ether oxygens (including phenoxy) is 5. The zero-order chi connectivity index (χ0) is 35.3. The highest BCUT2D eigenvalue weighted by Gasteiger charge is 2.15. The molecular formula is C33H58N6O8. The van der Waals surface area contributed by atoms with Gasteiger partial charge in [0, 0.05) is 57.0 Å². The Bertz CT molecular complexity index is 1050. The second-order valence-corrected chi connectivity index (χ2v) is 9.98. The van der Waals surface area contributed by atoms with E-state index >= 15 is 0 Å². The van der Waals surface area contributed by atoms with E-state index in [9.17, 15) is 14.4 Å². The zero-order valence-electron chi connectivity index (χ0n) is 29.5. The molecule has 0 aromatic heterocycles. The van der Waals surface area contributed by atoms with E-state index in [1.165, 1.54) is 6.92 Å². The number of amides is 2. The molecule has 0 aliphatic rings. The van der Waals surface area contributed by atoms with Crippen LogP contribution < -0.4 is 16.0 Å². The van der Waals surface area contributed by atoms with E-state index in [2.05, 4.69) is 27.8 Å². The zero-order valence-corrected chi connectivity index (χ0v) is 29.5. The maximum atomic E-state index is 13.0. The van der Waals surface area contributed by atoms with Crippen molar-refractivity contribution < 1.29 is 38.1 Å². The molecule has 268 valence electrons. The highest BCUT2D eigenvalue weighted by atomic mass is 16.6. The van der Waals surface area contributed by atoms with Crippen LogP contribution in [0, 0.1) is 0 Å². The van der Waals surface area contributed by atoms with Crippen LogP contribution in [0.5, 0.6) is 0 Å². The molecule has 0 unspecified atom stereocenters. The minimum absolute atomic E-state index is 0.00224. The predicted octanol–water partition coefficient (Wildman–Crippen LogP) is 2.50. The van der Waals surface area contributed by atoms with E-state index in [1.807, 2.05) is 51.9 Å². The van der Waals surface area contributed by atoms with E-state index in [1.54, 1.807) is 24.2 Å². The van der Waals surface area contributed by atoms with E-state index in [0.717, 1.165) is 17.9 Å². The molecular weight excluding hydrogens is 608 g/mol. The summed E-state index contributed by atoms with van der Waals surface area (Å²) in [5, 5.41) is 14.5. The number of hydrogen-bond donors (Lipinski definition) is 3. The van der Waals surface area contributed by atoms with Crippen molar-refractivity contribution in [3.05, 3.63) is 41.1 Å². The number of nitrogens with one attached hydrogen (secondary N) is 3. The molecule has 47 heavy (non-hydrogen) atoms. The Morgan fingerprint density at radius 1 is 0.894 bits per heavy atom. The summed E-state index contributed by atoms with van der Waals surface area (Å²) in [7, 11) is 5.68. The third kappa shape index (κ3) is 21.8. The first-order chi connectivity index (χ1) is 22.7. The van der Waals surface area contributed by atoms with E-state index in [-0.39, 0.29) is 25.0 Å². The highest BCUT2D eigenvalue weighted by Crippen LogP contribution is 2.17. The van der Waals surface area contributed by atoms with Crippen molar-refractivity contribution in [1.29, 1.82) is 0 Å². The fourth-order valence-electron chi connectivity index (χ4n) is 3.75. The van der Waals surface area contributed by atoms with Gasteiger partial charge in [0.2, 0.25) is 5.91 Å². The summed E-state index contributed by atoms with van der Waals surface area (Å²) in [6.07, 6.45) is 2.17. The van der Waals surface area contributed by atoms with Gasteiger partial charge in [-0.2, -0.15) is 5.10 Å². The number of benzene rings is 1. The van der Waals surface area contributed by atoms with Crippen molar-refractivity contribution in [3.63, 3.8) is 0 Å². The number of allylic oxidation sites excluding steroid dienone is 1. The number of rotatable bonds is 26. The number of hydrogen-bond acceptors (Lipinski definition) is 12. The molecule has 14 nitrogen and oxygen atoms in total. The smallest absolute Gasteiger partial charge is 0.302 e. The fourth-order valence-corrected chi connectivity index (χ4v) is 3.75. The van der Waals surface area contributed by atoms with Gasteiger partial charge in [-0.15, -0.1) is 0 Å². The van der Waals surface area contributed by atoms with Gasteiger partial charge in [-0.25, -0.2) is 0 Å². The van der Waals surface area contributed by atoms with Gasteiger partial charge in [-0.1, -0.05) is 26.0 Å². The van der Waals surface area contributed by atoms with Crippen molar-refractivity contribution >= 4 is 30.2 Å². The highest BCUT2D eigenvalue weighted by molar-refractivity contribution is 5.96. The van der Waals surface area contributed by atoms with Crippen LogP contribution in [0.25, 0.3) is 0 Å². The lowest BCUT2D eigenvalue weighted by molar-refractivity contribution is -0.142. The molecule has 0 saturated carbocycles.